The number of piperidine rings is 1. The standard InChI is InChI=1S/C13H18BrFN2/c1-17-6-2-3-10(9-17)8-16-13-7-11(15)4-5-12(13)14/h4-5,7,10,16H,2-3,6,8-9H2,1H3. The highest BCUT2D eigenvalue weighted by atomic mass is 79.9. The maximum atomic E-state index is 13.1. The van der Waals surface area contributed by atoms with Crippen LogP contribution in [0.15, 0.2) is 22.7 Å². The van der Waals surface area contributed by atoms with Gasteiger partial charge in [0, 0.05) is 17.6 Å². The minimum atomic E-state index is -0.198. The Labute approximate surface area is 110 Å². The maximum Gasteiger partial charge on any atom is 0.125 e. The lowest BCUT2D eigenvalue weighted by molar-refractivity contribution is 0.217. The van der Waals surface area contributed by atoms with Crippen LogP contribution in [0.3, 0.4) is 0 Å². The van der Waals surface area contributed by atoms with Crippen LogP contribution in [0.25, 0.3) is 0 Å². The van der Waals surface area contributed by atoms with Crippen molar-refractivity contribution in [1.29, 1.82) is 0 Å². The van der Waals surface area contributed by atoms with Crippen LogP contribution in [0, 0.1) is 11.7 Å². The summed E-state index contributed by atoms with van der Waals surface area (Å²) in [6.07, 6.45) is 2.51. The number of likely N-dealkylation sites (tertiary alicyclic amines) is 1. The fourth-order valence-corrected chi connectivity index (χ4v) is 2.71. The van der Waals surface area contributed by atoms with E-state index < -0.39 is 0 Å². The molecule has 0 aromatic heterocycles. The smallest absolute Gasteiger partial charge is 0.125 e. The van der Waals surface area contributed by atoms with Crippen LogP contribution in [0.1, 0.15) is 12.8 Å². The van der Waals surface area contributed by atoms with Crippen LogP contribution in [0.2, 0.25) is 0 Å². The molecule has 0 amide bonds. The van der Waals surface area contributed by atoms with Crippen LogP contribution in [0.4, 0.5) is 10.1 Å². The van der Waals surface area contributed by atoms with E-state index in [1.165, 1.54) is 31.5 Å². The van der Waals surface area contributed by atoms with Crippen molar-refractivity contribution in [2.45, 2.75) is 12.8 Å². The van der Waals surface area contributed by atoms with Crippen molar-refractivity contribution in [3.8, 4) is 0 Å². The molecular weight excluding hydrogens is 283 g/mol. The molecule has 1 aromatic carbocycles. The van der Waals surface area contributed by atoms with Crippen LogP contribution >= 0.6 is 15.9 Å². The molecule has 0 aliphatic carbocycles. The number of nitrogens with zero attached hydrogens (tertiary/aromatic N) is 1. The Morgan fingerprint density at radius 2 is 2.35 bits per heavy atom. The monoisotopic (exact) mass is 300 g/mol. The Kier molecular flexibility index (Phi) is 4.40. The van der Waals surface area contributed by atoms with Gasteiger partial charge in [-0.2, -0.15) is 0 Å². The molecule has 94 valence electrons. The molecule has 1 saturated heterocycles. The summed E-state index contributed by atoms with van der Waals surface area (Å²) in [5, 5.41) is 3.33. The van der Waals surface area contributed by atoms with Crippen molar-refractivity contribution in [3.05, 3.63) is 28.5 Å². The van der Waals surface area contributed by atoms with E-state index in [1.54, 1.807) is 6.07 Å². The van der Waals surface area contributed by atoms with Gasteiger partial charge < -0.3 is 10.2 Å². The molecule has 2 nitrogen and oxygen atoms in total. The number of benzene rings is 1. The molecule has 0 bridgehead atoms. The molecule has 0 radical (unpaired) electrons. The lowest BCUT2D eigenvalue weighted by atomic mass is 9.98. The topological polar surface area (TPSA) is 15.3 Å². The van der Waals surface area contributed by atoms with Crippen molar-refractivity contribution >= 4 is 21.6 Å². The predicted octanol–water partition coefficient (Wildman–Crippen LogP) is 3.34. The first-order valence-electron chi connectivity index (χ1n) is 6.02. The minimum absolute atomic E-state index is 0.198. The molecule has 0 saturated carbocycles. The molecule has 1 N–H and O–H groups in total. The van der Waals surface area contributed by atoms with Gasteiger partial charge in [-0.25, -0.2) is 4.39 Å². The summed E-state index contributed by atoms with van der Waals surface area (Å²) >= 11 is 3.43. The molecule has 1 fully saturated rings. The summed E-state index contributed by atoms with van der Waals surface area (Å²) in [4.78, 5) is 2.36. The largest absolute Gasteiger partial charge is 0.384 e. The third-order valence-electron chi connectivity index (χ3n) is 3.23. The second kappa shape index (κ2) is 5.83. The number of nitrogens with one attached hydrogen (secondary N) is 1. The Bertz CT molecular complexity index is 384. The molecule has 17 heavy (non-hydrogen) atoms. The highest BCUT2D eigenvalue weighted by Crippen LogP contribution is 2.24. The molecule has 2 rings (SSSR count). The van der Waals surface area contributed by atoms with E-state index in [0.717, 1.165) is 23.2 Å². The van der Waals surface area contributed by atoms with E-state index in [4.69, 9.17) is 0 Å². The summed E-state index contributed by atoms with van der Waals surface area (Å²) in [6, 6.07) is 4.74. The highest BCUT2D eigenvalue weighted by Gasteiger charge is 2.17. The molecule has 1 unspecified atom stereocenters. The van der Waals surface area contributed by atoms with Crippen molar-refractivity contribution in [2.75, 3.05) is 32.0 Å². The molecule has 1 aliphatic heterocycles. The molecule has 1 atom stereocenters. The van der Waals surface area contributed by atoms with Crippen molar-refractivity contribution in [1.82, 2.24) is 4.90 Å². The third kappa shape index (κ3) is 3.68. The van der Waals surface area contributed by atoms with E-state index in [1.807, 2.05) is 0 Å². The minimum Gasteiger partial charge on any atom is -0.384 e. The zero-order valence-corrected chi connectivity index (χ0v) is 11.6. The average molecular weight is 301 g/mol. The molecule has 1 aromatic rings. The van der Waals surface area contributed by atoms with E-state index >= 15 is 0 Å². The Morgan fingerprint density at radius 3 is 3.12 bits per heavy atom. The number of anilines is 1. The SMILES string of the molecule is CN1CCCC(CNc2cc(F)ccc2Br)C1. The van der Waals surface area contributed by atoms with Gasteiger partial charge in [-0.05, 0) is 66.5 Å². The van der Waals surface area contributed by atoms with E-state index in [-0.39, 0.29) is 5.82 Å². The summed E-state index contributed by atoms with van der Waals surface area (Å²) < 4.78 is 14.0. The number of halogens is 2. The van der Waals surface area contributed by atoms with E-state index in [2.05, 4.69) is 33.2 Å². The zero-order valence-electron chi connectivity index (χ0n) is 10.0. The molecule has 1 heterocycles. The average Bonchev–Trinajstić information content (AvgIpc) is 2.30. The highest BCUT2D eigenvalue weighted by molar-refractivity contribution is 9.10. The van der Waals surface area contributed by atoms with Gasteiger partial charge in [0.05, 0.1) is 5.69 Å². The molecule has 4 heteroatoms. The van der Waals surface area contributed by atoms with Gasteiger partial charge in [-0.1, -0.05) is 0 Å². The van der Waals surface area contributed by atoms with Crippen LogP contribution in [-0.4, -0.2) is 31.6 Å². The van der Waals surface area contributed by atoms with Crippen LogP contribution in [-0.2, 0) is 0 Å². The fraction of sp³-hybridized carbons (Fsp3) is 0.538. The molecule has 0 spiro atoms. The van der Waals surface area contributed by atoms with Crippen molar-refractivity contribution < 1.29 is 4.39 Å². The summed E-state index contributed by atoms with van der Waals surface area (Å²) in [5.41, 5.74) is 0.846. The second-order valence-corrected chi connectivity index (χ2v) is 5.63. The zero-order chi connectivity index (χ0) is 12.3. The predicted molar refractivity (Wildman–Crippen MR) is 72.8 cm³/mol. The normalized spacial score (nSPS) is 21.5. The quantitative estimate of drug-likeness (QED) is 0.921. The summed E-state index contributed by atoms with van der Waals surface area (Å²) in [6.45, 7) is 3.23. The Balaban J connectivity index is 1.90. The van der Waals surface area contributed by atoms with Gasteiger partial charge in [-0.15, -0.1) is 0 Å². The van der Waals surface area contributed by atoms with Gasteiger partial charge in [-0.3, -0.25) is 0 Å². The number of rotatable bonds is 3. The van der Waals surface area contributed by atoms with Gasteiger partial charge in [0.25, 0.3) is 0 Å². The first-order chi connectivity index (χ1) is 8.15. The van der Waals surface area contributed by atoms with Gasteiger partial charge >= 0.3 is 0 Å². The Hall–Kier alpha value is -0.610. The number of hydrogen-bond acceptors (Lipinski definition) is 2. The van der Waals surface area contributed by atoms with Crippen molar-refractivity contribution in [2.24, 2.45) is 5.92 Å². The maximum absolute atomic E-state index is 13.1. The first kappa shape index (κ1) is 12.8. The van der Waals surface area contributed by atoms with Gasteiger partial charge in [0.1, 0.15) is 5.82 Å². The van der Waals surface area contributed by atoms with Gasteiger partial charge in [0.15, 0.2) is 0 Å². The third-order valence-corrected chi connectivity index (χ3v) is 3.92. The molecular formula is C13H18BrFN2. The van der Waals surface area contributed by atoms with Crippen LogP contribution < -0.4 is 5.32 Å². The fourth-order valence-electron chi connectivity index (χ4n) is 2.33. The lowest BCUT2D eigenvalue weighted by Crippen LogP contribution is -2.35. The second-order valence-electron chi connectivity index (χ2n) is 4.78. The van der Waals surface area contributed by atoms with Crippen LogP contribution in [0.5, 0.6) is 0 Å². The Morgan fingerprint density at radius 1 is 1.53 bits per heavy atom. The molecule has 1 aliphatic rings. The van der Waals surface area contributed by atoms with E-state index in [9.17, 15) is 4.39 Å². The first-order valence-corrected chi connectivity index (χ1v) is 6.82. The number of hydrogen-bond donors (Lipinski definition) is 1. The summed E-state index contributed by atoms with van der Waals surface area (Å²) in [7, 11) is 2.16. The van der Waals surface area contributed by atoms with Gasteiger partial charge in [0.2, 0.25) is 0 Å². The lowest BCUT2D eigenvalue weighted by Gasteiger charge is -2.30. The van der Waals surface area contributed by atoms with E-state index in [0.29, 0.717) is 5.92 Å². The van der Waals surface area contributed by atoms with Crippen molar-refractivity contribution in [3.63, 3.8) is 0 Å². The summed E-state index contributed by atoms with van der Waals surface area (Å²) in [5.74, 6) is 0.459.